The van der Waals surface area contributed by atoms with Crippen LogP contribution in [0.25, 0.3) is 16.5 Å². The Hall–Kier alpha value is -1.97. The van der Waals surface area contributed by atoms with Gasteiger partial charge in [0, 0.05) is 24.0 Å². The molecule has 1 aromatic carbocycles. The van der Waals surface area contributed by atoms with E-state index in [0.717, 1.165) is 12.1 Å². The average Bonchev–Trinajstić information content (AvgIpc) is 2.96. The average molecular weight is 333 g/mol. The first-order valence-corrected chi connectivity index (χ1v) is 6.80. The Morgan fingerprint density at radius 1 is 1.45 bits per heavy atom. The van der Waals surface area contributed by atoms with E-state index in [1.807, 2.05) is 6.08 Å². The number of nitrogens with one attached hydrogen (secondary N) is 1. The summed E-state index contributed by atoms with van der Waals surface area (Å²) in [5.41, 5.74) is 7.92. The van der Waals surface area contributed by atoms with Crippen molar-refractivity contribution < 1.29 is 4.39 Å². The predicted octanol–water partition coefficient (Wildman–Crippen LogP) is 2.58. The fourth-order valence-corrected chi connectivity index (χ4v) is 2.72. The van der Waals surface area contributed by atoms with Crippen molar-refractivity contribution in [1.29, 1.82) is 5.26 Å². The minimum Gasteiger partial charge on any atom is -0.383 e. The molecule has 1 aliphatic rings. The van der Waals surface area contributed by atoms with Gasteiger partial charge in [-0.25, -0.2) is 9.37 Å². The number of rotatable bonds is 1. The van der Waals surface area contributed by atoms with Gasteiger partial charge in [-0.05, 0) is 27.6 Å². The first kappa shape index (κ1) is 13.0. The van der Waals surface area contributed by atoms with Crippen molar-refractivity contribution in [3.8, 4) is 6.07 Å². The quantitative estimate of drug-likeness (QED) is 0.841. The van der Waals surface area contributed by atoms with Gasteiger partial charge in [-0.3, -0.25) is 0 Å². The van der Waals surface area contributed by atoms with Crippen LogP contribution in [-0.4, -0.2) is 18.1 Å². The number of aromatic nitrogens is 1. The first-order valence-electron chi connectivity index (χ1n) is 6.01. The second-order valence-corrected chi connectivity index (χ2v) is 5.33. The Kier molecular flexibility index (Phi) is 3.16. The van der Waals surface area contributed by atoms with Crippen LogP contribution in [0.3, 0.4) is 0 Å². The van der Waals surface area contributed by atoms with Gasteiger partial charge >= 0.3 is 0 Å². The SMILES string of the molecule is N#Cc1c(N)nc2c(F)c(Br)ccc2c1C1=CCNC1. The number of hydrogen-bond acceptors (Lipinski definition) is 4. The van der Waals surface area contributed by atoms with E-state index in [4.69, 9.17) is 5.73 Å². The van der Waals surface area contributed by atoms with Gasteiger partial charge in [0.1, 0.15) is 23.0 Å². The van der Waals surface area contributed by atoms with Crippen molar-refractivity contribution in [3.63, 3.8) is 0 Å². The van der Waals surface area contributed by atoms with Crippen LogP contribution in [-0.2, 0) is 0 Å². The van der Waals surface area contributed by atoms with Crippen LogP contribution >= 0.6 is 15.9 Å². The fourth-order valence-electron chi connectivity index (χ4n) is 2.40. The topological polar surface area (TPSA) is 74.7 Å². The summed E-state index contributed by atoms with van der Waals surface area (Å²) in [6.07, 6.45) is 1.98. The van der Waals surface area contributed by atoms with Gasteiger partial charge in [-0.1, -0.05) is 12.1 Å². The molecular weight excluding hydrogens is 323 g/mol. The van der Waals surface area contributed by atoms with Crippen molar-refractivity contribution in [1.82, 2.24) is 10.3 Å². The molecule has 4 nitrogen and oxygen atoms in total. The number of benzene rings is 1. The normalized spacial score (nSPS) is 14.3. The standard InChI is InChI=1S/C14H10BrFN4/c15-10-2-1-8-11(7-3-4-19-6-7)9(5-17)14(18)20-13(8)12(10)16/h1-3,19H,4,6H2,(H2,18,20). The van der Waals surface area contributed by atoms with E-state index in [9.17, 15) is 9.65 Å². The summed E-state index contributed by atoms with van der Waals surface area (Å²) in [5.74, 6) is -0.411. The van der Waals surface area contributed by atoms with Gasteiger partial charge in [0.25, 0.3) is 0 Å². The van der Waals surface area contributed by atoms with Crippen molar-refractivity contribution in [2.45, 2.75) is 0 Å². The van der Waals surface area contributed by atoms with Crippen molar-refractivity contribution in [3.05, 3.63) is 39.6 Å². The summed E-state index contributed by atoms with van der Waals surface area (Å²) in [7, 11) is 0. The van der Waals surface area contributed by atoms with Crippen LogP contribution in [0.2, 0.25) is 0 Å². The lowest BCUT2D eigenvalue weighted by atomic mass is 9.96. The molecule has 6 heteroatoms. The molecule has 2 aromatic rings. The summed E-state index contributed by atoms with van der Waals surface area (Å²) >= 11 is 3.14. The third-order valence-corrected chi connectivity index (χ3v) is 3.93. The summed E-state index contributed by atoms with van der Waals surface area (Å²) in [6.45, 7) is 1.36. The molecule has 2 heterocycles. The van der Waals surface area contributed by atoms with Crippen LogP contribution in [0.1, 0.15) is 11.1 Å². The van der Waals surface area contributed by atoms with Crippen LogP contribution in [0.15, 0.2) is 22.7 Å². The maximum absolute atomic E-state index is 14.2. The van der Waals surface area contributed by atoms with Gasteiger partial charge in [0.05, 0.1) is 4.47 Å². The molecule has 0 bridgehead atoms. The summed E-state index contributed by atoms with van der Waals surface area (Å²) in [4.78, 5) is 4.04. The Morgan fingerprint density at radius 3 is 2.90 bits per heavy atom. The molecule has 1 aliphatic heterocycles. The van der Waals surface area contributed by atoms with E-state index in [0.29, 0.717) is 27.5 Å². The number of nitrogens with zero attached hydrogens (tertiary/aromatic N) is 2. The Balaban J connectivity index is 2.46. The summed E-state index contributed by atoms with van der Waals surface area (Å²) in [5, 5.41) is 13.1. The zero-order valence-corrected chi connectivity index (χ0v) is 12.0. The zero-order valence-electron chi connectivity index (χ0n) is 10.4. The number of anilines is 1. The van der Waals surface area contributed by atoms with Crippen molar-refractivity contribution in [2.24, 2.45) is 0 Å². The molecule has 20 heavy (non-hydrogen) atoms. The predicted molar refractivity (Wildman–Crippen MR) is 79.4 cm³/mol. The van der Waals surface area contributed by atoms with Gasteiger partial charge in [0.15, 0.2) is 5.82 Å². The Labute approximate surface area is 123 Å². The van der Waals surface area contributed by atoms with E-state index in [1.165, 1.54) is 0 Å². The first-order chi connectivity index (χ1) is 9.63. The van der Waals surface area contributed by atoms with E-state index in [-0.39, 0.29) is 11.3 Å². The number of halogens is 2. The summed E-state index contributed by atoms with van der Waals surface area (Å²) < 4.78 is 14.5. The third-order valence-electron chi connectivity index (χ3n) is 3.32. The maximum Gasteiger partial charge on any atom is 0.163 e. The number of nitrogen functional groups attached to an aromatic ring is 1. The van der Waals surface area contributed by atoms with Gasteiger partial charge in [0.2, 0.25) is 0 Å². The zero-order chi connectivity index (χ0) is 14.3. The molecule has 0 saturated heterocycles. The number of hydrogen-bond donors (Lipinski definition) is 2. The molecule has 0 amide bonds. The highest BCUT2D eigenvalue weighted by molar-refractivity contribution is 9.10. The van der Waals surface area contributed by atoms with Gasteiger partial charge in [-0.2, -0.15) is 5.26 Å². The van der Waals surface area contributed by atoms with Crippen LogP contribution in [0, 0.1) is 17.1 Å². The molecule has 0 unspecified atom stereocenters. The van der Waals surface area contributed by atoms with Crippen LogP contribution < -0.4 is 11.1 Å². The molecule has 0 atom stereocenters. The number of nitrogens with two attached hydrogens (primary N) is 1. The Morgan fingerprint density at radius 2 is 2.25 bits per heavy atom. The van der Waals surface area contributed by atoms with Crippen molar-refractivity contribution in [2.75, 3.05) is 18.8 Å². The molecule has 3 rings (SSSR count). The molecule has 0 saturated carbocycles. The van der Waals surface area contributed by atoms with E-state index in [1.54, 1.807) is 12.1 Å². The highest BCUT2D eigenvalue weighted by atomic mass is 79.9. The lowest BCUT2D eigenvalue weighted by Gasteiger charge is -2.12. The lowest BCUT2D eigenvalue weighted by Crippen LogP contribution is -2.09. The van der Waals surface area contributed by atoms with E-state index in [2.05, 4.69) is 32.3 Å². The molecule has 0 aliphatic carbocycles. The van der Waals surface area contributed by atoms with Gasteiger partial charge < -0.3 is 11.1 Å². The molecule has 100 valence electrons. The molecule has 0 radical (unpaired) electrons. The number of pyridine rings is 1. The largest absolute Gasteiger partial charge is 0.383 e. The molecule has 1 aromatic heterocycles. The van der Waals surface area contributed by atoms with E-state index < -0.39 is 5.82 Å². The number of nitriles is 1. The minimum absolute atomic E-state index is 0.0554. The second-order valence-electron chi connectivity index (χ2n) is 4.48. The third kappa shape index (κ3) is 1.87. The fraction of sp³-hybridized carbons (Fsp3) is 0.143. The van der Waals surface area contributed by atoms with Crippen molar-refractivity contribution >= 4 is 38.2 Å². The lowest BCUT2D eigenvalue weighted by molar-refractivity contribution is 0.630. The van der Waals surface area contributed by atoms with E-state index >= 15 is 0 Å². The van der Waals surface area contributed by atoms with Gasteiger partial charge in [-0.15, -0.1) is 0 Å². The highest BCUT2D eigenvalue weighted by Gasteiger charge is 2.20. The minimum atomic E-state index is -0.466. The molecule has 0 spiro atoms. The summed E-state index contributed by atoms with van der Waals surface area (Å²) in [6, 6.07) is 5.45. The van der Waals surface area contributed by atoms with Crippen LogP contribution in [0.5, 0.6) is 0 Å². The molecular formula is C14H10BrFN4. The molecule has 0 fully saturated rings. The smallest absolute Gasteiger partial charge is 0.163 e. The number of fused-ring (bicyclic) bond motifs is 1. The highest BCUT2D eigenvalue weighted by Crippen LogP contribution is 2.34. The Bertz CT molecular complexity index is 792. The monoisotopic (exact) mass is 332 g/mol. The second kappa shape index (κ2) is 4.85. The maximum atomic E-state index is 14.2. The molecule has 3 N–H and O–H groups in total. The van der Waals surface area contributed by atoms with Crippen LogP contribution in [0.4, 0.5) is 10.2 Å².